The van der Waals surface area contributed by atoms with Gasteiger partial charge in [-0.3, -0.25) is 4.79 Å². The van der Waals surface area contributed by atoms with Crippen LogP contribution >= 0.6 is 34.8 Å². The molecule has 0 saturated carbocycles. The first-order valence-corrected chi connectivity index (χ1v) is 6.14. The summed E-state index contributed by atoms with van der Waals surface area (Å²) in [7, 11) is 0. The summed E-state index contributed by atoms with van der Waals surface area (Å²) in [6, 6.07) is 4.59. The fourth-order valence-electron chi connectivity index (χ4n) is 1.71. The Labute approximate surface area is 118 Å². The van der Waals surface area contributed by atoms with E-state index in [9.17, 15) is 9.90 Å². The normalized spacial score (nSPS) is 10.7. The third kappa shape index (κ3) is 2.40. The Hall–Kier alpha value is -1.000. The van der Waals surface area contributed by atoms with E-state index in [0.29, 0.717) is 16.1 Å². The number of halogens is 3. The number of hydrogen-bond donors (Lipinski definition) is 2. The lowest BCUT2D eigenvalue weighted by Crippen LogP contribution is -2.11. The van der Waals surface area contributed by atoms with Gasteiger partial charge in [-0.1, -0.05) is 34.8 Å². The Morgan fingerprint density at radius 2 is 1.72 bits per heavy atom. The molecule has 0 aliphatic rings. The number of benzene rings is 1. The number of hydrogen-bond acceptors (Lipinski definition) is 2. The van der Waals surface area contributed by atoms with E-state index in [0.717, 1.165) is 0 Å². The lowest BCUT2D eigenvalue weighted by molar-refractivity contribution is 0.282. The van der Waals surface area contributed by atoms with Gasteiger partial charge in [0.2, 0.25) is 0 Å². The Morgan fingerprint density at radius 3 is 2.28 bits per heavy atom. The molecule has 2 aromatic rings. The van der Waals surface area contributed by atoms with Crippen LogP contribution in [0.3, 0.4) is 0 Å². The molecule has 0 saturated heterocycles. The predicted molar refractivity (Wildman–Crippen MR) is 73.5 cm³/mol. The molecule has 1 aromatic carbocycles. The first kappa shape index (κ1) is 13.4. The highest BCUT2D eigenvalue weighted by Crippen LogP contribution is 2.36. The molecule has 6 heteroatoms. The van der Waals surface area contributed by atoms with Gasteiger partial charge in [0.25, 0.3) is 5.56 Å². The van der Waals surface area contributed by atoms with Gasteiger partial charge in [0.1, 0.15) is 0 Å². The summed E-state index contributed by atoms with van der Waals surface area (Å²) in [5, 5.41) is 10.2. The number of aromatic nitrogens is 1. The molecule has 0 spiro atoms. The molecule has 0 aliphatic carbocycles. The molecule has 1 aromatic heterocycles. The molecule has 18 heavy (non-hydrogen) atoms. The van der Waals surface area contributed by atoms with Crippen molar-refractivity contribution in [1.82, 2.24) is 4.98 Å². The van der Waals surface area contributed by atoms with Crippen molar-refractivity contribution in [3.8, 4) is 11.1 Å². The van der Waals surface area contributed by atoms with Crippen LogP contribution in [0.1, 0.15) is 5.56 Å². The third-order valence-electron chi connectivity index (χ3n) is 2.47. The summed E-state index contributed by atoms with van der Waals surface area (Å²) >= 11 is 18.0. The minimum Gasteiger partial charge on any atom is -0.392 e. The average molecular weight is 305 g/mol. The average Bonchev–Trinajstić information content (AvgIpc) is 2.29. The van der Waals surface area contributed by atoms with Crippen molar-refractivity contribution in [2.24, 2.45) is 0 Å². The van der Waals surface area contributed by atoms with Gasteiger partial charge in [-0.2, -0.15) is 0 Å². The minimum atomic E-state index is -0.368. The number of rotatable bonds is 2. The van der Waals surface area contributed by atoms with Gasteiger partial charge in [0.05, 0.1) is 22.2 Å². The summed E-state index contributed by atoms with van der Waals surface area (Å²) < 4.78 is 0. The van der Waals surface area contributed by atoms with Crippen LogP contribution in [0.5, 0.6) is 0 Å². The first-order chi connectivity index (χ1) is 8.54. The summed E-state index contributed by atoms with van der Waals surface area (Å²) in [6.07, 6.45) is 1.45. The summed E-state index contributed by atoms with van der Waals surface area (Å²) in [4.78, 5) is 14.4. The number of aromatic amines is 1. The van der Waals surface area contributed by atoms with Crippen molar-refractivity contribution in [2.75, 3.05) is 0 Å². The van der Waals surface area contributed by atoms with E-state index in [1.165, 1.54) is 18.3 Å². The SMILES string of the molecule is O=c1[nH]ccc(CO)c1-c1c(Cl)cc(Cl)cc1Cl. The van der Waals surface area contributed by atoms with Gasteiger partial charge >= 0.3 is 0 Å². The largest absolute Gasteiger partial charge is 0.392 e. The van der Waals surface area contributed by atoms with Crippen LogP contribution in [0, 0.1) is 0 Å². The third-order valence-corrected chi connectivity index (χ3v) is 3.29. The Kier molecular flexibility index (Phi) is 3.97. The van der Waals surface area contributed by atoms with E-state index in [2.05, 4.69) is 4.98 Å². The van der Waals surface area contributed by atoms with E-state index < -0.39 is 0 Å². The Bertz CT molecular complexity index is 629. The zero-order chi connectivity index (χ0) is 13.3. The van der Waals surface area contributed by atoms with Gasteiger partial charge in [0, 0.05) is 16.8 Å². The molecule has 0 fully saturated rings. The quantitative estimate of drug-likeness (QED) is 0.892. The first-order valence-electron chi connectivity index (χ1n) is 5.01. The van der Waals surface area contributed by atoms with Crippen LogP contribution in [-0.2, 0) is 6.61 Å². The Balaban J connectivity index is 2.81. The number of aliphatic hydroxyl groups is 1. The monoisotopic (exact) mass is 303 g/mol. The van der Waals surface area contributed by atoms with E-state index in [4.69, 9.17) is 34.8 Å². The molecule has 0 radical (unpaired) electrons. The van der Waals surface area contributed by atoms with Crippen molar-refractivity contribution >= 4 is 34.8 Å². The lowest BCUT2D eigenvalue weighted by Gasteiger charge is -2.10. The van der Waals surface area contributed by atoms with Gasteiger partial charge in [0.15, 0.2) is 0 Å². The van der Waals surface area contributed by atoms with Crippen molar-refractivity contribution in [3.05, 3.63) is 55.4 Å². The second-order valence-electron chi connectivity index (χ2n) is 3.61. The predicted octanol–water partition coefficient (Wildman–Crippen LogP) is 3.49. The van der Waals surface area contributed by atoms with Crippen LogP contribution in [0.2, 0.25) is 15.1 Å². The standard InChI is InChI=1S/C12H8Cl3NO2/c13-7-3-8(14)11(9(15)4-7)10-6(5-17)1-2-16-12(10)18/h1-4,17H,5H2,(H,16,18). The number of H-pyrrole nitrogens is 1. The maximum atomic E-state index is 11.9. The van der Waals surface area contributed by atoms with Crippen molar-refractivity contribution in [1.29, 1.82) is 0 Å². The lowest BCUT2D eigenvalue weighted by atomic mass is 10.0. The summed E-state index contributed by atoms with van der Waals surface area (Å²) in [5.74, 6) is 0. The second kappa shape index (κ2) is 5.33. The molecule has 0 amide bonds. The smallest absolute Gasteiger partial charge is 0.256 e. The van der Waals surface area contributed by atoms with Gasteiger partial charge < -0.3 is 10.1 Å². The van der Waals surface area contributed by atoms with Crippen LogP contribution in [0.4, 0.5) is 0 Å². The van der Waals surface area contributed by atoms with Gasteiger partial charge in [-0.15, -0.1) is 0 Å². The zero-order valence-corrected chi connectivity index (χ0v) is 11.3. The van der Waals surface area contributed by atoms with E-state index >= 15 is 0 Å². The molecule has 94 valence electrons. The van der Waals surface area contributed by atoms with Crippen LogP contribution < -0.4 is 5.56 Å². The van der Waals surface area contributed by atoms with E-state index in [1.807, 2.05) is 0 Å². The molecule has 2 rings (SSSR count). The van der Waals surface area contributed by atoms with Crippen molar-refractivity contribution in [2.45, 2.75) is 6.61 Å². The second-order valence-corrected chi connectivity index (χ2v) is 4.86. The fraction of sp³-hybridized carbons (Fsp3) is 0.0833. The molecule has 0 bridgehead atoms. The molecular formula is C12H8Cl3NO2. The van der Waals surface area contributed by atoms with E-state index in [1.54, 1.807) is 6.07 Å². The molecule has 0 aliphatic heterocycles. The molecule has 1 heterocycles. The van der Waals surface area contributed by atoms with Gasteiger partial charge in [-0.05, 0) is 23.8 Å². The molecule has 0 unspecified atom stereocenters. The highest BCUT2D eigenvalue weighted by Gasteiger charge is 2.16. The molecule has 0 atom stereocenters. The van der Waals surface area contributed by atoms with Crippen LogP contribution in [0.25, 0.3) is 11.1 Å². The number of aliphatic hydroxyl groups excluding tert-OH is 1. The highest BCUT2D eigenvalue weighted by atomic mass is 35.5. The highest BCUT2D eigenvalue weighted by molar-refractivity contribution is 6.41. The van der Waals surface area contributed by atoms with Crippen molar-refractivity contribution in [3.63, 3.8) is 0 Å². The molecule has 2 N–H and O–H groups in total. The number of nitrogens with one attached hydrogen (secondary N) is 1. The zero-order valence-electron chi connectivity index (χ0n) is 9.01. The number of pyridine rings is 1. The van der Waals surface area contributed by atoms with E-state index in [-0.39, 0.29) is 27.8 Å². The minimum absolute atomic E-state index is 0.256. The summed E-state index contributed by atoms with van der Waals surface area (Å²) in [6.45, 7) is -0.283. The summed E-state index contributed by atoms with van der Waals surface area (Å²) in [5.41, 5.74) is 0.706. The fourth-order valence-corrected chi connectivity index (χ4v) is 2.71. The maximum absolute atomic E-state index is 11.9. The molecular weight excluding hydrogens is 296 g/mol. The molecule has 3 nitrogen and oxygen atoms in total. The Morgan fingerprint density at radius 1 is 1.11 bits per heavy atom. The topological polar surface area (TPSA) is 53.1 Å². The van der Waals surface area contributed by atoms with Gasteiger partial charge in [-0.25, -0.2) is 0 Å². The maximum Gasteiger partial charge on any atom is 0.256 e. The van der Waals surface area contributed by atoms with Crippen molar-refractivity contribution < 1.29 is 5.11 Å². The van der Waals surface area contributed by atoms with Crippen LogP contribution in [-0.4, -0.2) is 10.1 Å². The van der Waals surface area contributed by atoms with Crippen LogP contribution in [0.15, 0.2) is 29.2 Å².